The number of nitrogens with one attached hydrogen (secondary N) is 1. The zero-order valence-corrected chi connectivity index (χ0v) is 24.2. The second kappa shape index (κ2) is 14.4. The molecule has 1 aliphatic heterocycles. The molecule has 2 N–H and O–H groups in total. The molecule has 0 spiro atoms. The van der Waals surface area contributed by atoms with Crippen LogP contribution in [0.15, 0.2) is 133 Å². The highest BCUT2D eigenvalue weighted by Crippen LogP contribution is 2.61. The summed E-state index contributed by atoms with van der Waals surface area (Å²) in [6, 6.07) is 41.6. The van der Waals surface area contributed by atoms with Gasteiger partial charge in [-0.2, -0.15) is 14.0 Å². The van der Waals surface area contributed by atoms with Gasteiger partial charge in [-0.25, -0.2) is 0 Å². The molecule has 0 unspecified atom stereocenters. The van der Waals surface area contributed by atoms with Crippen molar-refractivity contribution >= 4 is 29.1 Å². The monoisotopic (exact) mass is 591 g/mol. The van der Waals surface area contributed by atoms with Gasteiger partial charge < -0.3 is 4.90 Å². The maximum atomic E-state index is 13.7. The normalized spacial score (nSPS) is 14.0. The summed E-state index contributed by atoms with van der Waals surface area (Å²) in [5.41, 5.74) is 1.64. The van der Waals surface area contributed by atoms with E-state index in [9.17, 15) is 4.79 Å². The van der Waals surface area contributed by atoms with Gasteiger partial charge in [-0.1, -0.05) is 72.8 Å². The van der Waals surface area contributed by atoms with Crippen LogP contribution in [0.25, 0.3) is 0 Å². The molecule has 0 bridgehead atoms. The van der Waals surface area contributed by atoms with Crippen LogP contribution in [0, 0.1) is 10.2 Å². The number of nitrogens with zero attached hydrogens (tertiary/aromatic N) is 1. The van der Waals surface area contributed by atoms with Crippen molar-refractivity contribution in [2.24, 2.45) is 0 Å². The standard InChI is InChI=1S/C32H31N2OP.ClHO4/c35-32(27-16-6-1-7-17-27)33-31(26-34-24-14-5-15-25-34)36(28-18-8-2-9-19-28,29-20-10-3-11-21-29)30-22-12-4-13-23-30;2-1(3,4)5/h1-4,6-13,16-23,26H,5,14-15,24-25H2;(H,2,3,4,5)/p+1/b31-26+;. The number of carbonyl (C=O) groups excluding carboxylic acids is 1. The van der Waals surface area contributed by atoms with E-state index in [-0.39, 0.29) is 5.91 Å². The summed E-state index contributed by atoms with van der Waals surface area (Å²) in [6.45, 7) is 2.01. The zero-order valence-electron chi connectivity index (χ0n) is 22.5. The topological polar surface area (TPSA) is 122 Å². The number of hydrogen-bond donors (Lipinski definition) is 2. The van der Waals surface area contributed by atoms with E-state index in [0.717, 1.165) is 18.5 Å². The van der Waals surface area contributed by atoms with Crippen molar-refractivity contribution in [2.45, 2.75) is 19.3 Å². The zero-order chi connectivity index (χ0) is 29.1. The molecule has 7 nitrogen and oxygen atoms in total. The Kier molecular flexibility index (Phi) is 10.7. The molecule has 5 rings (SSSR count). The Morgan fingerprint density at radius 3 is 1.44 bits per heavy atom. The van der Waals surface area contributed by atoms with Gasteiger partial charge in [-0.3, -0.25) is 10.1 Å². The first-order valence-electron chi connectivity index (χ1n) is 13.3. The van der Waals surface area contributed by atoms with Gasteiger partial charge in [0.05, 0.1) is 21.1 Å². The molecule has 1 amide bonds. The summed E-state index contributed by atoms with van der Waals surface area (Å²) in [6.07, 6.45) is 5.85. The third kappa shape index (κ3) is 8.24. The molecule has 212 valence electrons. The minimum Gasteiger partial charge on any atom is -0.373 e. The van der Waals surface area contributed by atoms with E-state index in [4.69, 9.17) is 18.6 Å². The van der Waals surface area contributed by atoms with Gasteiger partial charge in [-0.05, 0) is 67.8 Å². The Bertz CT molecular complexity index is 1290. The third-order valence-corrected chi connectivity index (χ3v) is 10.9. The first kappa shape index (κ1) is 30.4. The molecule has 0 aromatic heterocycles. The van der Waals surface area contributed by atoms with Crippen molar-refractivity contribution in [3.05, 3.63) is 139 Å². The molecule has 1 fully saturated rings. The SMILES string of the molecule is O=C(N/C(=C\N1CCCCC1)[P+](c1ccccc1)(c1ccccc1)c1ccccc1)c1ccccc1.[O-][Cl+3]([O-])([O-])O. The lowest BCUT2D eigenvalue weighted by molar-refractivity contribution is -1.92. The Hall–Kier alpha value is -3.55. The molecular formula is C32H33ClN2O5P+. The van der Waals surface area contributed by atoms with Gasteiger partial charge in [0.2, 0.25) is 0 Å². The van der Waals surface area contributed by atoms with Crippen LogP contribution in [-0.2, 0) is 0 Å². The van der Waals surface area contributed by atoms with Crippen molar-refractivity contribution < 1.29 is 33.7 Å². The second-order valence-corrected chi connectivity index (χ2v) is 13.7. The second-order valence-electron chi connectivity index (χ2n) is 9.50. The van der Waals surface area contributed by atoms with E-state index >= 15 is 0 Å². The minimum atomic E-state index is -4.69. The predicted octanol–water partition coefficient (Wildman–Crippen LogP) is 1.57. The number of benzene rings is 4. The van der Waals surface area contributed by atoms with Crippen LogP contribution in [0.2, 0.25) is 0 Å². The number of carbonyl (C=O) groups is 1. The molecule has 1 saturated heterocycles. The van der Waals surface area contributed by atoms with E-state index in [1.54, 1.807) is 0 Å². The minimum absolute atomic E-state index is 0.0778. The lowest BCUT2D eigenvalue weighted by Crippen LogP contribution is -2.58. The van der Waals surface area contributed by atoms with E-state index < -0.39 is 17.5 Å². The summed E-state index contributed by atoms with van der Waals surface area (Å²) >= 11 is 0. The molecule has 0 saturated carbocycles. The first-order valence-corrected chi connectivity index (χ1v) is 16.4. The first-order chi connectivity index (χ1) is 19.8. The molecule has 4 aromatic rings. The van der Waals surface area contributed by atoms with Gasteiger partial charge in [-0.15, -0.1) is 0 Å². The van der Waals surface area contributed by atoms with Crippen LogP contribution in [0.1, 0.15) is 29.6 Å². The molecule has 4 aromatic carbocycles. The van der Waals surface area contributed by atoms with Crippen LogP contribution < -0.4 is 35.2 Å². The Labute approximate surface area is 243 Å². The van der Waals surface area contributed by atoms with Crippen LogP contribution >= 0.6 is 7.26 Å². The van der Waals surface area contributed by atoms with Gasteiger partial charge in [0, 0.05) is 18.7 Å². The fourth-order valence-electron chi connectivity index (χ4n) is 5.02. The fourth-order valence-corrected chi connectivity index (χ4v) is 9.21. The number of amides is 1. The van der Waals surface area contributed by atoms with Crippen LogP contribution in [0.5, 0.6) is 0 Å². The smallest absolute Gasteiger partial charge is 0.258 e. The number of piperidine rings is 1. The molecule has 0 atom stereocenters. The largest absolute Gasteiger partial charge is 0.373 e. The van der Waals surface area contributed by atoms with Crippen molar-refractivity contribution in [2.75, 3.05) is 13.1 Å². The average Bonchev–Trinajstić information content (AvgIpc) is 2.99. The predicted molar refractivity (Wildman–Crippen MR) is 155 cm³/mol. The van der Waals surface area contributed by atoms with Crippen LogP contribution in [0.4, 0.5) is 0 Å². The van der Waals surface area contributed by atoms with E-state index in [1.165, 1.54) is 35.2 Å². The summed E-state index contributed by atoms with van der Waals surface area (Å²) in [4.78, 5) is 16.1. The number of likely N-dealkylation sites (tertiary alicyclic amines) is 1. The quantitative estimate of drug-likeness (QED) is 0.315. The summed E-state index contributed by atoms with van der Waals surface area (Å²) in [7, 11) is -7.11. The average molecular weight is 592 g/mol. The van der Waals surface area contributed by atoms with Crippen molar-refractivity contribution in [1.82, 2.24) is 10.2 Å². The van der Waals surface area contributed by atoms with Crippen LogP contribution in [0.3, 0.4) is 0 Å². The summed E-state index contributed by atoms with van der Waals surface area (Å²) in [5, 5.41) is 7.11. The van der Waals surface area contributed by atoms with E-state index in [0.29, 0.717) is 5.56 Å². The molecule has 41 heavy (non-hydrogen) atoms. The molecule has 1 aliphatic rings. The number of rotatable bonds is 7. The highest BCUT2D eigenvalue weighted by molar-refractivity contribution is 7.99. The maximum Gasteiger partial charge on any atom is 0.258 e. The Morgan fingerprint density at radius 2 is 1.05 bits per heavy atom. The molecule has 1 heterocycles. The van der Waals surface area contributed by atoms with Gasteiger partial charge in [0.15, 0.2) is 12.7 Å². The molecular weight excluding hydrogens is 559 g/mol. The van der Waals surface area contributed by atoms with Crippen molar-refractivity contribution in [3.63, 3.8) is 0 Å². The van der Waals surface area contributed by atoms with Crippen molar-refractivity contribution in [3.8, 4) is 0 Å². The third-order valence-electron chi connectivity index (χ3n) is 6.76. The highest BCUT2D eigenvalue weighted by atomic mass is 35.7. The number of hydrogen-bond acceptors (Lipinski definition) is 6. The van der Waals surface area contributed by atoms with Gasteiger partial charge in [0.25, 0.3) is 5.91 Å². The van der Waals surface area contributed by atoms with Gasteiger partial charge >= 0.3 is 0 Å². The lowest BCUT2D eigenvalue weighted by atomic mass is 10.1. The van der Waals surface area contributed by atoms with E-state index in [1.807, 2.05) is 30.3 Å². The summed E-state index contributed by atoms with van der Waals surface area (Å²) in [5.74, 6) is -0.0778. The lowest BCUT2D eigenvalue weighted by Gasteiger charge is -2.32. The Morgan fingerprint density at radius 1 is 0.683 bits per heavy atom. The molecule has 0 aliphatic carbocycles. The number of halogens is 1. The Balaban J connectivity index is 0.000000714. The van der Waals surface area contributed by atoms with Crippen molar-refractivity contribution in [1.29, 1.82) is 0 Å². The van der Waals surface area contributed by atoms with Crippen LogP contribution in [-0.4, -0.2) is 28.6 Å². The van der Waals surface area contributed by atoms with Gasteiger partial charge in [0.1, 0.15) is 15.9 Å². The summed E-state index contributed by atoms with van der Waals surface area (Å²) < 4.78 is 32.7. The fraction of sp³-hybridized carbons (Fsp3) is 0.156. The van der Waals surface area contributed by atoms with E-state index in [2.05, 4.69) is 107 Å². The molecule has 9 heteroatoms. The maximum absolute atomic E-state index is 13.7. The highest BCUT2D eigenvalue weighted by Gasteiger charge is 2.51. The molecule has 0 radical (unpaired) electrons.